The van der Waals surface area contributed by atoms with Crippen molar-refractivity contribution in [3.05, 3.63) is 71.7 Å². The van der Waals surface area contributed by atoms with Gasteiger partial charge in [0.25, 0.3) is 5.91 Å². The van der Waals surface area contributed by atoms with Crippen LogP contribution >= 0.6 is 0 Å². The van der Waals surface area contributed by atoms with Crippen LogP contribution < -0.4 is 15.4 Å². The van der Waals surface area contributed by atoms with Gasteiger partial charge in [-0.2, -0.15) is 13.2 Å². The fourth-order valence-corrected chi connectivity index (χ4v) is 4.16. The topological polar surface area (TPSA) is 89.8 Å². The molecule has 0 atom stereocenters. The van der Waals surface area contributed by atoms with E-state index in [0.717, 1.165) is 12.8 Å². The van der Waals surface area contributed by atoms with Gasteiger partial charge in [-0.15, -0.1) is 5.10 Å². The summed E-state index contributed by atoms with van der Waals surface area (Å²) in [5.41, 5.74) is 2.28. The number of benzene rings is 2. The van der Waals surface area contributed by atoms with Crippen LogP contribution in [0.3, 0.4) is 0 Å². The van der Waals surface area contributed by atoms with Crippen molar-refractivity contribution in [2.45, 2.75) is 38.1 Å². The average Bonchev–Trinajstić information content (AvgIpc) is 3.51. The second-order valence-electron chi connectivity index (χ2n) is 9.31. The Balaban J connectivity index is 1.49. The van der Waals surface area contributed by atoms with Crippen LogP contribution in [0, 0.1) is 12.7 Å². The number of methoxy groups -OCH3 is 1. The first-order chi connectivity index (χ1) is 18.6. The van der Waals surface area contributed by atoms with Crippen LogP contribution in [0.5, 0.6) is 11.6 Å². The van der Waals surface area contributed by atoms with Crippen LogP contribution in [0.2, 0.25) is 0 Å². The maximum absolute atomic E-state index is 13.7. The fraction of sp³-hybridized carbons (Fsp3) is 0.296. The fourth-order valence-electron chi connectivity index (χ4n) is 4.16. The van der Waals surface area contributed by atoms with E-state index in [1.807, 2.05) is 0 Å². The van der Waals surface area contributed by atoms with E-state index in [-0.39, 0.29) is 28.9 Å². The number of nitrogens with one attached hydrogen (secondary N) is 2. The summed E-state index contributed by atoms with van der Waals surface area (Å²) >= 11 is 0. The molecule has 4 aromatic rings. The number of nitrogens with zero attached hydrogens (tertiary/aromatic N) is 3. The van der Waals surface area contributed by atoms with E-state index >= 15 is 0 Å². The van der Waals surface area contributed by atoms with Crippen molar-refractivity contribution in [3.63, 3.8) is 0 Å². The molecule has 0 saturated heterocycles. The lowest BCUT2D eigenvalue weighted by Crippen LogP contribution is -2.38. The molecule has 1 saturated carbocycles. The first-order valence-electron chi connectivity index (χ1n) is 12.2. The zero-order valence-corrected chi connectivity index (χ0v) is 21.1. The lowest BCUT2D eigenvalue weighted by Gasteiger charge is -2.16. The van der Waals surface area contributed by atoms with Gasteiger partial charge < -0.3 is 20.1 Å². The van der Waals surface area contributed by atoms with Gasteiger partial charge in [0.05, 0.1) is 24.0 Å². The molecule has 12 heteroatoms. The van der Waals surface area contributed by atoms with E-state index < -0.39 is 30.7 Å². The summed E-state index contributed by atoms with van der Waals surface area (Å²) in [6, 6.07) is 12.0. The summed E-state index contributed by atoms with van der Waals surface area (Å²) < 4.78 is 64.6. The molecular weight excluding hydrogens is 518 g/mol. The second kappa shape index (κ2) is 10.2. The van der Waals surface area contributed by atoms with Crippen LogP contribution in [0.25, 0.3) is 16.9 Å². The maximum Gasteiger partial charge on any atom is 0.390 e. The molecular formula is C27H25F4N5O3. The van der Waals surface area contributed by atoms with E-state index in [0.29, 0.717) is 22.4 Å². The number of hydrogen-bond acceptors (Lipinski definition) is 6. The van der Waals surface area contributed by atoms with Crippen LogP contribution in [-0.2, 0) is 4.74 Å². The Morgan fingerprint density at radius 3 is 2.62 bits per heavy atom. The molecule has 0 radical (unpaired) electrons. The van der Waals surface area contributed by atoms with Gasteiger partial charge in [0, 0.05) is 36.9 Å². The van der Waals surface area contributed by atoms with E-state index in [1.54, 1.807) is 32.2 Å². The van der Waals surface area contributed by atoms with Crippen LogP contribution in [0.15, 0.2) is 54.7 Å². The zero-order valence-electron chi connectivity index (χ0n) is 21.1. The van der Waals surface area contributed by atoms with Crippen LogP contribution in [0.4, 0.5) is 23.2 Å². The highest BCUT2D eigenvalue weighted by molar-refractivity contribution is 5.96. The van der Waals surface area contributed by atoms with Crippen molar-refractivity contribution in [3.8, 4) is 22.9 Å². The first kappa shape index (κ1) is 26.4. The van der Waals surface area contributed by atoms with Gasteiger partial charge in [0.2, 0.25) is 5.88 Å². The van der Waals surface area contributed by atoms with Gasteiger partial charge in [-0.1, -0.05) is 12.1 Å². The van der Waals surface area contributed by atoms with Crippen molar-refractivity contribution in [2.75, 3.05) is 19.0 Å². The number of rotatable bonds is 9. The van der Waals surface area contributed by atoms with Crippen LogP contribution in [-0.4, -0.2) is 46.1 Å². The quantitative estimate of drug-likeness (QED) is 0.203. The molecule has 0 unspecified atom stereocenters. The summed E-state index contributed by atoms with van der Waals surface area (Å²) in [5.74, 6) is -0.584. The largest absolute Gasteiger partial charge is 0.437 e. The Morgan fingerprint density at radius 1 is 1.15 bits per heavy atom. The normalized spacial score (nSPS) is 14.3. The highest BCUT2D eigenvalue weighted by Crippen LogP contribution is 2.36. The molecule has 1 fully saturated rings. The van der Waals surface area contributed by atoms with Gasteiger partial charge in [0.1, 0.15) is 17.3 Å². The minimum Gasteiger partial charge on any atom is -0.437 e. The lowest BCUT2D eigenvalue weighted by atomic mass is 10.0. The number of anilines is 1. The predicted octanol–water partition coefficient (Wildman–Crippen LogP) is 5.87. The molecule has 39 heavy (non-hydrogen) atoms. The highest BCUT2D eigenvalue weighted by atomic mass is 19.4. The summed E-state index contributed by atoms with van der Waals surface area (Å²) in [6.45, 7) is 1.40. The Morgan fingerprint density at radius 2 is 1.95 bits per heavy atom. The van der Waals surface area contributed by atoms with Crippen molar-refractivity contribution in [1.29, 1.82) is 0 Å². The van der Waals surface area contributed by atoms with Crippen molar-refractivity contribution in [1.82, 2.24) is 19.9 Å². The number of fused-ring (bicyclic) bond motifs is 1. The second-order valence-corrected chi connectivity index (χ2v) is 9.31. The van der Waals surface area contributed by atoms with Gasteiger partial charge in [-0.3, -0.25) is 4.79 Å². The number of carbonyl (C=O) groups is 1. The number of hydrogen-bond donors (Lipinski definition) is 2. The lowest BCUT2D eigenvalue weighted by molar-refractivity contribution is -0.131. The first-order valence-corrected chi connectivity index (χ1v) is 12.2. The maximum atomic E-state index is 13.7. The molecule has 0 spiro atoms. The smallest absolute Gasteiger partial charge is 0.390 e. The molecule has 0 bridgehead atoms. The van der Waals surface area contributed by atoms with Crippen molar-refractivity contribution in [2.24, 2.45) is 0 Å². The third kappa shape index (κ3) is 5.95. The molecule has 2 heterocycles. The Hall–Kier alpha value is -4.19. The van der Waals surface area contributed by atoms with Gasteiger partial charge in [-0.05, 0) is 49.6 Å². The molecule has 2 aromatic heterocycles. The molecule has 1 aliphatic rings. The van der Waals surface area contributed by atoms with Gasteiger partial charge in [-0.25, -0.2) is 13.9 Å². The van der Waals surface area contributed by atoms with Crippen LogP contribution in [0.1, 0.15) is 35.2 Å². The number of ether oxygens (including phenoxy) is 2. The number of aromatic nitrogens is 3. The molecule has 2 aromatic carbocycles. The number of amides is 1. The summed E-state index contributed by atoms with van der Waals surface area (Å²) in [7, 11) is 1.56. The molecule has 1 amide bonds. The molecule has 204 valence electrons. The van der Waals surface area contributed by atoms with E-state index in [2.05, 4.69) is 20.7 Å². The summed E-state index contributed by atoms with van der Waals surface area (Å²) in [4.78, 5) is 17.2. The Kier molecular flexibility index (Phi) is 6.89. The molecule has 1 aliphatic carbocycles. The Bertz CT molecular complexity index is 1530. The van der Waals surface area contributed by atoms with Crippen molar-refractivity contribution >= 4 is 17.2 Å². The number of alkyl halides is 3. The summed E-state index contributed by atoms with van der Waals surface area (Å²) in [6.07, 6.45) is -2.37. The van der Waals surface area contributed by atoms with Gasteiger partial charge in [0.15, 0.2) is 5.65 Å². The van der Waals surface area contributed by atoms with Crippen molar-refractivity contribution < 1.29 is 31.8 Å². The summed E-state index contributed by atoms with van der Waals surface area (Å²) in [5, 5.41) is 10.1. The zero-order chi connectivity index (χ0) is 27.8. The van der Waals surface area contributed by atoms with E-state index in [9.17, 15) is 22.4 Å². The van der Waals surface area contributed by atoms with E-state index in [1.165, 1.54) is 41.0 Å². The Labute approximate surface area is 221 Å². The molecule has 8 nitrogen and oxygen atoms in total. The SMILES string of the molecule is COC1(NC(=O)c2ccc(-c3cnc4c(NCCC(F)(F)F)cc(Oc5cccc(F)c5)nn34)cc2C)CC1. The third-order valence-corrected chi connectivity index (χ3v) is 6.39. The van der Waals surface area contributed by atoms with Gasteiger partial charge >= 0.3 is 6.18 Å². The number of carbonyl (C=O) groups excluding carboxylic acids is 1. The van der Waals surface area contributed by atoms with E-state index in [4.69, 9.17) is 9.47 Å². The number of imidazole rings is 1. The highest BCUT2D eigenvalue weighted by Gasteiger charge is 2.44. The average molecular weight is 544 g/mol. The predicted molar refractivity (Wildman–Crippen MR) is 135 cm³/mol. The number of aryl methyl sites for hydroxylation is 1. The molecule has 5 rings (SSSR count). The minimum atomic E-state index is -4.34. The molecule has 0 aliphatic heterocycles. The molecule has 2 N–H and O–H groups in total. The number of halogens is 4. The third-order valence-electron chi connectivity index (χ3n) is 6.39. The monoisotopic (exact) mass is 543 g/mol. The minimum absolute atomic E-state index is 0.0175. The standard InChI is InChI=1S/C27H25F4N5O3/c1-16-12-17(6-7-20(16)25(37)34-26(38-2)8-9-26)22-15-33-24-21(32-11-10-27(29,30)31)14-23(35-36(22)24)39-19-5-3-4-18(28)13-19/h3-7,12-15,32H,8-11H2,1-2H3,(H,34,37).